The maximum atomic E-state index is 12.0. The van der Waals surface area contributed by atoms with Crippen molar-refractivity contribution in [3.05, 3.63) is 23.8 Å². The second-order valence-electron chi connectivity index (χ2n) is 5.99. The average molecular weight is 341 g/mol. The van der Waals surface area contributed by atoms with Crippen molar-refractivity contribution in [2.75, 3.05) is 14.2 Å². The number of benzene rings is 1. The normalized spacial score (nSPS) is 13.6. The van der Waals surface area contributed by atoms with Gasteiger partial charge in [-0.05, 0) is 26.8 Å². The first-order valence-electron chi connectivity index (χ1n) is 7.22. The first kappa shape index (κ1) is 19.6. The number of amides is 1. The molecular formula is C16H23NO7. The lowest BCUT2D eigenvalue weighted by molar-refractivity contribution is -0.148. The van der Waals surface area contributed by atoms with Crippen LogP contribution in [0.25, 0.3) is 0 Å². The number of carbonyl (C=O) groups excluding carboxylic acids is 1. The minimum atomic E-state index is -1.90. The predicted molar refractivity (Wildman–Crippen MR) is 85.3 cm³/mol. The Morgan fingerprint density at radius 3 is 2.25 bits per heavy atom. The molecule has 1 rings (SSSR count). The van der Waals surface area contributed by atoms with Crippen molar-refractivity contribution in [2.45, 2.75) is 38.5 Å². The average Bonchev–Trinajstić information content (AvgIpc) is 2.49. The van der Waals surface area contributed by atoms with Gasteiger partial charge < -0.3 is 29.7 Å². The Bertz CT molecular complexity index is 595. The van der Waals surface area contributed by atoms with E-state index < -0.39 is 29.8 Å². The molecule has 1 amide bonds. The number of aliphatic carboxylic acids is 1. The van der Waals surface area contributed by atoms with Crippen LogP contribution in [0.15, 0.2) is 18.2 Å². The molecule has 0 aliphatic rings. The monoisotopic (exact) mass is 341 g/mol. The van der Waals surface area contributed by atoms with Crippen molar-refractivity contribution in [1.82, 2.24) is 5.32 Å². The molecule has 0 aliphatic carbocycles. The predicted octanol–water partition coefficient (Wildman–Crippen LogP) is 1.72. The Hall–Kier alpha value is -2.48. The number of alkyl carbamates (subject to hydrolysis) is 1. The Balaban J connectivity index is 3.25. The molecule has 0 aliphatic heterocycles. The molecule has 0 unspecified atom stereocenters. The zero-order valence-corrected chi connectivity index (χ0v) is 14.3. The van der Waals surface area contributed by atoms with Crippen LogP contribution in [0.3, 0.4) is 0 Å². The fourth-order valence-electron chi connectivity index (χ4n) is 2.06. The van der Waals surface area contributed by atoms with Gasteiger partial charge in [0.05, 0.1) is 20.3 Å². The van der Waals surface area contributed by atoms with Crippen LogP contribution in [-0.4, -0.2) is 48.2 Å². The third-order valence-corrected chi connectivity index (χ3v) is 3.01. The third kappa shape index (κ3) is 5.02. The molecule has 0 heterocycles. The second kappa shape index (κ2) is 7.87. The maximum Gasteiger partial charge on any atom is 0.408 e. The summed E-state index contributed by atoms with van der Waals surface area (Å²) >= 11 is 0. The zero-order chi connectivity index (χ0) is 18.5. The number of carboxylic acid groups (broad SMARTS) is 1. The summed E-state index contributed by atoms with van der Waals surface area (Å²) in [4.78, 5) is 23.2. The van der Waals surface area contributed by atoms with Gasteiger partial charge in [0.15, 0.2) is 17.6 Å². The van der Waals surface area contributed by atoms with Crippen molar-refractivity contribution in [3.63, 3.8) is 0 Å². The summed E-state index contributed by atoms with van der Waals surface area (Å²) in [5.41, 5.74) is -0.529. The van der Waals surface area contributed by atoms with Crippen molar-refractivity contribution in [3.8, 4) is 11.5 Å². The van der Waals surface area contributed by atoms with Crippen LogP contribution in [0, 0.1) is 0 Å². The van der Waals surface area contributed by atoms with E-state index in [2.05, 4.69) is 5.32 Å². The van der Waals surface area contributed by atoms with Crippen molar-refractivity contribution >= 4 is 12.1 Å². The maximum absolute atomic E-state index is 12.0. The molecule has 0 saturated carbocycles. The van der Waals surface area contributed by atoms with E-state index in [1.807, 2.05) is 0 Å². The smallest absolute Gasteiger partial charge is 0.408 e. The summed E-state index contributed by atoms with van der Waals surface area (Å²) in [6, 6.07) is 3.44. The number of rotatable bonds is 6. The zero-order valence-electron chi connectivity index (χ0n) is 14.3. The number of hydrogen-bond donors (Lipinski definition) is 3. The lowest BCUT2D eigenvalue weighted by Crippen LogP contribution is -2.42. The highest BCUT2D eigenvalue weighted by Crippen LogP contribution is 2.36. The van der Waals surface area contributed by atoms with Gasteiger partial charge >= 0.3 is 12.1 Å². The summed E-state index contributed by atoms with van der Waals surface area (Å²) in [5, 5.41) is 21.5. The van der Waals surface area contributed by atoms with Crippen molar-refractivity contribution < 1.29 is 34.0 Å². The molecule has 8 heteroatoms. The molecule has 8 nitrogen and oxygen atoms in total. The fraction of sp³-hybridized carbons (Fsp3) is 0.500. The summed E-state index contributed by atoms with van der Waals surface area (Å²) in [6.07, 6.45) is -2.77. The molecule has 1 aromatic carbocycles. The van der Waals surface area contributed by atoms with Gasteiger partial charge in [-0.25, -0.2) is 9.59 Å². The Kier molecular flexibility index (Phi) is 6.42. The largest absolute Gasteiger partial charge is 0.493 e. The van der Waals surface area contributed by atoms with E-state index >= 15 is 0 Å². The summed E-state index contributed by atoms with van der Waals surface area (Å²) in [6.45, 7) is 5.00. The molecule has 0 fully saturated rings. The fourth-order valence-corrected chi connectivity index (χ4v) is 2.06. The highest BCUT2D eigenvalue weighted by atomic mass is 16.6. The molecule has 24 heavy (non-hydrogen) atoms. The lowest BCUT2D eigenvalue weighted by atomic mass is 10.00. The Morgan fingerprint density at radius 2 is 1.79 bits per heavy atom. The number of para-hydroxylation sites is 1. The van der Waals surface area contributed by atoms with Gasteiger partial charge in [0.25, 0.3) is 0 Å². The van der Waals surface area contributed by atoms with Crippen LogP contribution < -0.4 is 14.8 Å². The number of aliphatic hydroxyl groups is 1. The quantitative estimate of drug-likeness (QED) is 0.721. The van der Waals surface area contributed by atoms with Crippen molar-refractivity contribution in [1.29, 1.82) is 0 Å². The lowest BCUT2D eigenvalue weighted by Gasteiger charge is -2.26. The van der Waals surface area contributed by atoms with Gasteiger partial charge in [0.2, 0.25) is 0 Å². The van der Waals surface area contributed by atoms with Gasteiger partial charge in [-0.1, -0.05) is 12.1 Å². The Labute approximate surface area is 140 Å². The third-order valence-electron chi connectivity index (χ3n) is 3.01. The topological polar surface area (TPSA) is 114 Å². The minimum absolute atomic E-state index is 0.210. The second-order valence-corrected chi connectivity index (χ2v) is 5.99. The van der Waals surface area contributed by atoms with E-state index in [-0.39, 0.29) is 11.3 Å². The minimum Gasteiger partial charge on any atom is -0.493 e. The number of aliphatic hydroxyl groups excluding tert-OH is 1. The van der Waals surface area contributed by atoms with Gasteiger partial charge in [-0.3, -0.25) is 0 Å². The van der Waals surface area contributed by atoms with E-state index in [1.165, 1.54) is 20.3 Å². The molecule has 1 aromatic rings. The number of methoxy groups -OCH3 is 2. The molecule has 2 atom stereocenters. The molecule has 0 bridgehead atoms. The van der Waals surface area contributed by atoms with Crippen LogP contribution in [0.4, 0.5) is 4.79 Å². The first-order valence-corrected chi connectivity index (χ1v) is 7.22. The number of ether oxygens (including phenoxy) is 3. The molecule has 0 saturated heterocycles. The van der Waals surface area contributed by atoms with Crippen LogP contribution in [0.1, 0.15) is 32.4 Å². The van der Waals surface area contributed by atoms with Crippen LogP contribution >= 0.6 is 0 Å². The van der Waals surface area contributed by atoms with E-state index in [0.29, 0.717) is 5.75 Å². The van der Waals surface area contributed by atoms with E-state index in [4.69, 9.17) is 19.3 Å². The van der Waals surface area contributed by atoms with Gasteiger partial charge in [0.1, 0.15) is 5.60 Å². The van der Waals surface area contributed by atoms with Gasteiger partial charge in [-0.2, -0.15) is 0 Å². The van der Waals surface area contributed by atoms with Crippen LogP contribution in [0.5, 0.6) is 11.5 Å². The number of nitrogens with one attached hydrogen (secondary N) is 1. The molecule has 134 valence electrons. The molecular weight excluding hydrogens is 318 g/mol. The standard InChI is InChI=1S/C16H23NO7/c1-16(2,3)24-15(21)17-11(12(18)14(19)20)9-7-6-8-10(22-4)13(9)23-5/h6-8,11-12,18H,1-5H3,(H,17,21)(H,19,20)/t11-,12-/m0/s1. The summed E-state index contributed by atoms with van der Waals surface area (Å²) in [5.74, 6) is -0.953. The number of hydrogen-bond acceptors (Lipinski definition) is 6. The number of carboxylic acids is 1. The molecule has 0 aromatic heterocycles. The van der Waals surface area contributed by atoms with Gasteiger partial charge in [0, 0.05) is 5.56 Å². The molecule has 3 N–H and O–H groups in total. The molecule has 0 radical (unpaired) electrons. The Morgan fingerprint density at radius 1 is 1.17 bits per heavy atom. The summed E-state index contributed by atoms with van der Waals surface area (Å²) in [7, 11) is 2.80. The van der Waals surface area contributed by atoms with Crippen LogP contribution in [-0.2, 0) is 9.53 Å². The number of carbonyl (C=O) groups is 2. The van der Waals surface area contributed by atoms with E-state index in [0.717, 1.165) is 0 Å². The first-order chi connectivity index (χ1) is 11.1. The molecule has 0 spiro atoms. The van der Waals surface area contributed by atoms with Crippen LogP contribution in [0.2, 0.25) is 0 Å². The summed E-state index contributed by atoms with van der Waals surface area (Å²) < 4.78 is 15.5. The SMILES string of the molecule is COc1cccc([C@H](NC(=O)OC(C)(C)C)[C@H](O)C(=O)O)c1OC. The van der Waals surface area contributed by atoms with E-state index in [9.17, 15) is 14.7 Å². The van der Waals surface area contributed by atoms with Gasteiger partial charge in [-0.15, -0.1) is 0 Å². The van der Waals surface area contributed by atoms with Crippen molar-refractivity contribution in [2.24, 2.45) is 0 Å². The highest BCUT2D eigenvalue weighted by Gasteiger charge is 2.33. The highest BCUT2D eigenvalue weighted by molar-refractivity contribution is 5.76. The van der Waals surface area contributed by atoms with E-state index in [1.54, 1.807) is 32.9 Å².